The number of hydrogen-bond donors (Lipinski definition) is 2. The van der Waals surface area contributed by atoms with Gasteiger partial charge in [0.1, 0.15) is 12.4 Å². The number of nitrogens with zero attached hydrogens (tertiary/aromatic N) is 1. The number of halogens is 1. The topological polar surface area (TPSA) is 99.3 Å². The van der Waals surface area contributed by atoms with Gasteiger partial charge in [0, 0.05) is 10.9 Å². The molecule has 2 aromatic rings. The number of anilines is 1. The van der Waals surface area contributed by atoms with Crippen LogP contribution in [0.2, 0.25) is 0 Å². The van der Waals surface area contributed by atoms with Crippen molar-refractivity contribution in [1.82, 2.24) is 9.88 Å². The van der Waals surface area contributed by atoms with Crippen LogP contribution in [0.4, 0.5) is 10.1 Å². The number of aromatic amines is 1. The van der Waals surface area contributed by atoms with Gasteiger partial charge in [0.25, 0.3) is 0 Å². The third-order valence-corrected chi connectivity index (χ3v) is 9.06. The van der Waals surface area contributed by atoms with Gasteiger partial charge < -0.3 is 10.3 Å². The molecule has 0 unspecified atom stereocenters. The molecule has 7 nitrogen and oxygen atoms in total. The number of nitrogens with one attached hydrogen (secondary N) is 2. The summed E-state index contributed by atoms with van der Waals surface area (Å²) in [6, 6.07) is 5.30. The van der Waals surface area contributed by atoms with Gasteiger partial charge in [-0.05, 0) is 48.6 Å². The first-order valence-electron chi connectivity index (χ1n) is 9.92. The number of likely N-dealkylation sites (tertiary alicyclic amines) is 1. The number of thioether (sulfide) groups is 1. The molecule has 1 aromatic carbocycles. The molecule has 2 N–H and O–H groups in total. The van der Waals surface area contributed by atoms with E-state index in [0.717, 1.165) is 38.1 Å². The summed E-state index contributed by atoms with van der Waals surface area (Å²) in [6.07, 6.45) is 2.80. The van der Waals surface area contributed by atoms with Crippen LogP contribution in [0.5, 0.6) is 0 Å². The smallest absolute Gasteiger partial charge is 0.305 e. The summed E-state index contributed by atoms with van der Waals surface area (Å²) >= 11 is 2.73. The van der Waals surface area contributed by atoms with Crippen LogP contribution in [0.15, 0.2) is 39.7 Å². The first kappa shape index (κ1) is 19.0. The van der Waals surface area contributed by atoms with E-state index in [1.54, 1.807) is 11.8 Å². The molecule has 1 aromatic heterocycles. The average Bonchev–Trinajstić information content (AvgIpc) is 3.45. The highest BCUT2D eigenvalue weighted by molar-refractivity contribution is 8.00. The molecule has 158 valence electrons. The predicted octanol–water partition coefficient (Wildman–Crippen LogP) is 2.32. The summed E-state index contributed by atoms with van der Waals surface area (Å²) in [5.74, 6) is -2.36. The molecule has 2 aliphatic heterocycles. The zero-order valence-electron chi connectivity index (χ0n) is 16.0. The van der Waals surface area contributed by atoms with Gasteiger partial charge in [-0.2, -0.15) is 0 Å². The number of amides is 3. The van der Waals surface area contributed by atoms with Crippen LogP contribution >= 0.6 is 23.1 Å². The summed E-state index contributed by atoms with van der Waals surface area (Å²) in [5.41, 5.74) is 1.54. The van der Waals surface area contributed by atoms with Crippen molar-refractivity contribution < 1.29 is 18.8 Å². The number of rotatable bonds is 3. The largest absolute Gasteiger partial charge is 0.325 e. The number of fused-ring (bicyclic) bond motifs is 9. The van der Waals surface area contributed by atoms with Crippen LogP contribution in [0, 0.1) is 29.5 Å². The fourth-order valence-corrected chi connectivity index (χ4v) is 7.95. The van der Waals surface area contributed by atoms with E-state index in [2.05, 4.69) is 10.3 Å². The molecule has 0 radical (unpaired) electrons. The molecule has 6 rings (SSSR count). The van der Waals surface area contributed by atoms with E-state index in [4.69, 9.17) is 0 Å². The number of carbonyl (C=O) groups excluding carboxylic acids is 3. The Morgan fingerprint density at radius 3 is 2.68 bits per heavy atom. The molecule has 5 atom stereocenters. The molecular weight excluding hydrogens is 441 g/mol. The van der Waals surface area contributed by atoms with Crippen molar-refractivity contribution in [2.45, 2.75) is 16.7 Å². The first-order chi connectivity index (χ1) is 14.9. The van der Waals surface area contributed by atoms with E-state index in [9.17, 15) is 23.6 Å². The SMILES string of the molecule is O=C(CN1C(=O)[C@H]2[C@H]3C[C@@H](C4=Cc5sc(=O)[nH]c5S[C@@H]43)[C@H]2C1=O)Nc1ccc(F)cc1. The van der Waals surface area contributed by atoms with Gasteiger partial charge in [-0.3, -0.25) is 24.1 Å². The number of thiazole rings is 1. The highest BCUT2D eigenvalue weighted by Crippen LogP contribution is 2.64. The van der Waals surface area contributed by atoms with Crippen LogP contribution in [0.25, 0.3) is 6.08 Å². The van der Waals surface area contributed by atoms with Crippen molar-refractivity contribution in [3.63, 3.8) is 0 Å². The lowest BCUT2D eigenvalue weighted by atomic mass is 9.77. The molecule has 10 heteroatoms. The third kappa shape index (κ3) is 2.77. The molecule has 3 amide bonds. The van der Waals surface area contributed by atoms with E-state index in [0.29, 0.717) is 5.69 Å². The number of imide groups is 1. The van der Waals surface area contributed by atoms with Gasteiger partial charge in [-0.25, -0.2) is 4.39 Å². The lowest BCUT2D eigenvalue weighted by Gasteiger charge is -2.32. The molecule has 2 aliphatic carbocycles. The standard InChI is InChI=1S/C21H16FN3O4S2/c22-8-1-3-9(4-2-8)23-14(26)7-25-19(27)15-10-5-12(16(15)20(25)28)17-11(10)6-13-18(31-17)24-21(29)30-13/h1-4,6,10,12,15-17H,5,7H2,(H,23,26)(H,24,29)/t10-,12+,15+,16-,17-/m0/s1. The Morgan fingerprint density at radius 2 is 1.90 bits per heavy atom. The lowest BCUT2D eigenvalue weighted by molar-refractivity contribution is -0.143. The molecule has 31 heavy (non-hydrogen) atoms. The van der Waals surface area contributed by atoms with Crippen LogP contribution in [-0.4, -0.2) is 39.4 Å². The molecule has 2 bridgehead atoms. The maximum absolute atomic E-state index is 13.1. The van der Waals surface area contributed by atoms with Crippen LogP contribution < -0.4 is 10.2 Å². The van der Waals surface area contributed by atoms with Crippen molar-refractivity contribution in [3.05, 3.63) is 50.2 Å². The Kier molecular flexibility index (Phi) is 4.07. The summed E-state index contributed by atoms with van der Waals surface area (Å²) < 4.78 is 13.0. The minimum absolute atomic E-state index is 0.0180. The quantitative estimate of drug-likeness (QED) is 0.690. The second kappa shape index (κ2) is 6.64. The van der Waals surface area contributed by atoms with Gasteiger partial charge in [-0.1, -0.05) is 28.7 Å². The first-order valence-corrected chi connectivity index (χ1v) is 11.6. The fourth-order valence-electron chi connectivity index (χ4n) is 5.51. The highest BCUT2D eigenvalue weighted by Gasteiger charge is 2.66. The lowest BCUT2D eigenvalue weighted by Crippen LogP contribution is -2.39. The van der Waals surface area contributed by atoms with Crippen molar-refractivity contribution in [2.75, 3.05) is 11.9 Å². The number of hydrogen-bond acceptors (Lipinski definition) is 6. The van der Waals surface area contributed by atoms with Crippen LogP contribution in [-0.2, 0) is 14.4 Å². The molecule has 4 aliphatic rings. The maximum Gasteiger partial charge on any atom is 0.305 e. The normalized spacial score (nSPS) is 30.2. The van der Waals surface area contributed by atoms with Gasteiger partial charge in [-0.15, -0.1) is 0 Å². The number of aromatic nitrogens is 1. The zero-order chi connectivity index (χ0) is 21.4. The monoisotopic (exact) mass is 457 g/mol. The van der Waals surface area contributed by atoms with Gasteiger partial charge in [0.2, 0.25) is 17.7 Å². The van der Waals surface area contributed by atoms with E-state index < -0.39 is 23.6 Å². The van der Waals surface area contributed by atoms with E-state index >= 15 is 0 Å². The van der Waals surface area contributed by atoms with Crippen LogP contribution in [0.1, 0.15) is 11.3 Å². The summed E-state index contributed by atoms with van der Waals surface area (Å²) in [4.78, 5) is 55.1. The minimum atomic E-state index is -0.494. The number of benzene rings is 1. The average molecular weight is 458 g/mol. The Hall–Kier alpha value is -2.72. The predicted molar refractivity (Wildman–Crippen MR) is 113 cm³/mol. The van der Waals surface area contributed by atoms with E-state index in [1.165, 1.54) is 24.3 Å². The Balaban J connectivity index is 1.23. The van der Waals surface area contributed by atoms with Crippen molar-refractivity contribution in [2.24, 2.45) is 23.7 Å². The van der Waals surface area contributed by atoms with Gasteiger partial charge in [0.05, 0.1) is 21.7 Å². The molecule has 3 fully saturated rings. The Bertz CT molecular complexity index is 1230. The molecule has 0 spiro atoms. The van der Waals surface area contributed by atoms with E-state index in [1.807, 2.05) is 6.08 Å². The van der Waals surface area contributed by atoms with Crippen molar-refractivity contribution >= 4 is 52.6 Å². The number of H-pyrrole nitrogens is 1. The molecule has 3 heterocycles. The van der Waals surface area contributed by atoms with Crippen molar-refractivity contribution in [3.8, 4) is 0 Å². The maximum atomic E-state index is 13.1. The van der Waals surface area contributed by atoms with Crippen molar-refractivity contribution in [1.29, 1.82) is 0 Å². The van der Waals surface area contributed by atoms with E-state index in [-0.39, 0.29) is 40.3 Å². The second-order valence-electron chi connectivity index (χ2n) is 8.27. The minimum Gasteiger partial charge on any atom is -0.325 e. The highest BCUT2D eigenvalue weighted by atomic mass is 32.2. The van der Waals surface area contributed by atoms with Gasteiger partial charge in [0.15, 0.2) is 0 Å². The fraction of sp³-hybridized carbons (Fsp3) is 0.333. The van der Waals surface area contributed by atoms with Crippen LogP contribution in [0.3, 0.4) is 0 Å². The molecule has 1 saturated heterocycles. The summed E-state index contributed by atoms with van der Waals surface area (Å²) in [7, 11) is 0. The third-order valence-electron chi connectivity index (χ3n) is 6.67. The zero-order valence-corrected chi connectivity index (χ0v) is 17.6. The Morgan fingerprint density at radius 1 is 1.16 bits per heavy atom. The Labute approximate surface area is 183 Å². The summed E-state index contributed by atoms with van der Waals surface area (Å²) in [6.45, 7) is -0.348. The molecule has 2 saturated carbocycles. The molecular formula is C21H16FN3O4S2. The number of carbonyl (C=O) groups is 3. The summed E-state index contributed by atoms with van der Waals surface area (Å²) in [5, 5.41) is 3.52. The second-order valence-corrected chi connectivity index (χ2v) is 10.4. The van der Waals surface area contributed by atoms with Gasteiger partial charge >= 0.3 is 4.87 Å².